The second-order valence-corrected chi connectivity index (χ2v) is 5.05. The van der Waals surface area contributed by atoms with Crippen molar-refractivity contribution in [1.82, 2.24) is 24.9 Å². The lowest BCUT2D eigenvalue weighted by molar-refractivity contribution is 0.367. The van der Waals surface area contributed by atoms with Gasteiger partial charge in [0.15, 0.2) is 5.58 Å². The second kappa shape index (κ2) is 5.16. The average molecular weight is 309 g/mol. The topological polar surface area (TPSA) is 99.8 Å². The van der Waals surface area contributed by atoms with Crippen LogP contribution in [0.25, 0.3) is 22.6 Å². The van der Waals surface area contributed by atoms with Crippen LogP contribution in [-0.2, 0) is 6.54 Å². The molecule has 0 saturated carbocycles. The lowest BCUT2D eigenvalue weighted by Crippen LogP contribution is -2.15. The maximum absolute atomic E-state index is 12.0. The highest BCUT2D eigenvalue weighted by molar-refractivity contribution is 5.73. The maximum Gasteiger partial charge on any atom is 0.420 e. The fraction of sp³-hybridized carbons (Fsp3) is 0.133. The Morgan fingerprint density at radius 3 is 3.00 bits per heavy atom. The zero-order chi connectivity index (χ0) is 15.8. The molecule has 114 valence electrons. The first kappa shape index (κ1) is 13.4. The summed E-state index contributed by atoms with van der Waals surface area (Å²) >= 11 is 0. The molecular formula is C15H11N5O3. The minimum Gasteiger partial charge on any atom is -0.408 e. The molecule has 4 rings (SSSR count). The van der Waals surface area contributed by atoms with E-state index in [2.05, 4.69) is 20.3 Å². The van der Waals surface area contributed by atoms with E-state index in [4.69, 9.17) is 8.94 Å². The van der Waals surface area contributed by atoms with Gasteiger partial charge in [0.05, 0.1) is 5.52 Å². The van der Waals surface area contributed by atoms with Crippen LogP contribution in [0.3, 0.4) is 0 Å². The van der Waals surface area contributed by atoms with Crippen LogP contribution in [0.1, 0.15) is 11.5 Å². The smallest absolute Gasteiger partial charge is 0.408 e. The number of nitrogens with zero attached hydrogens (tertiary/aromatic N) is 5. The van der Waals surface area contributed by atoms with Crippen LogP contribution < -0.4 is 5.76 Å². The molecule has 0 saturated heterocycles. The molecule has 23 heavy (non-hydrogen) atoms. The van der Waals surface area contributed by atoms with Crippen molar-refractivity contribution in [3.8, 4) is 11.5 Å². The normalized spacial score (nSPS) is 11.2. The molecule has 0 fully saturated rings. The third-order valence-electron chi connectivity index (χ3n) is 3.39. The van der Waals surface area contributed by atoms with E-state index in [1.165, 1.54) is 4.57 Å². The Morgan fingerprint density at radius 2 is 2.17 bits per heavy atom. The predicted molar refractivity (Wildman–Crippen MR) is 79.6 cm³/mol. The van der Waals surface area contributed by atoms with E-state index in [9.17, 15) is 4.79 Å². The van der Waals surface area contributed by atoms with Crippen LogP contribution in [0.2, 0.25) is 0 Å². The first-order valence-electron chi connectivity index (χ1n) is 6.91. The van der Waals surface area contributed by atoms with Gasteiger partial charge in [0.2, 0.25) is 11.7 Å². The number of oxazole rings is 1. The summed E-state index contributed by atoms with van der Waals surface area (Å²) in [5, 5.41) is 11.5. The van der Waals surface area contributed by atoms with Gasteiger partial charge in [-0.3, -0.25) is 4.57 Å². The largest absolute Gasteiger partial charge is 0.420 e. The molecule has 3 aromatic heterocycles. The van der Waals surface area contributed by atoms with Gasteiger partial charge in [0.1, 0.15) is 12.2 Å². The van der Waals surface area contributed by atoms with Crippen LogP contribution in [0.5, 0.6) is 0 Å². The van der Waals surface area contributed by atoms with E-state index in [0.29, 0.717) is 22.6 Å². The zero-order valence-electron chi connectivity index (χ0n) is 12.1. The quantitative estimate of drug-likeness (QED) is 0.568. The Hall–Kier alpha value is -3.29. The van der Waals surface area contributed by atoms with Crippen LogP contribution in [0, 0.1) is 6.92 Å². The Kier molecular flexibility index (Phi) is 3.00. The highest BCUT2D eigenvalue weighted by Gasteiger charge is 2.15. The van der Waals surface area contributed by atoms with Gasteiger partial charge in [-0.1, -0.05) is 11.2 Å². The molecule has 0 unspecified atom stereocenters. The summed E-state index contributed by atoms with van der Waals surface area (Å²) < 4.78 is 11.9. The van der Waals surface area contributed by atoms with Crippen molar-refractivity contribution in [3.63, 3.8) is 0 Å². The van der Waals surface area contributed by atoms with Gasteiger partial charge < -0.3 is 8.94 Å². The van der Waals surface area contributed by atoms with E-state index in [1.807, 2.05) is 19.1 Å². The summed E-state index contributed by atoms with van der Waals surface area (Å²) in [5.74, 6) is 0.145. The molecule has 0 aliphatic rings. The lowest BCUT2D eigenvalue weighted by atomic mass is 10.2. The summed E-state index contributed by atoms with van der Waals surface area (Å²) in [4.78, 5) is 16.3. The summed E-state index contributed by atoms with van der Waals surface area (Å²) in [5.41, 5.74) is 2.74. The lowest BCUT2D eigenvalue weighted by Gasteiger charge is -1.98. The summed E-state index contributed by atoms with van der Waals surface area (Å²) in [6.07, 6.45) is 1.56. The van der Waals surface area contributed by atoms with E-state index < -0.39 is 5.76 Å². The molecule has 3 heterocycles. The van der Waals surface area contributed by atoms with E-state index >= 15 is 0 Å². The Balaban J connectivity index is 1.72. The molecule has 8 heteroatoms. The van der Waals surface area contributed by atoms with Crippen molar-refractivity contribution >= 4 is 11.1 Å². The Morgan fingerprint density at radius 1 is 1.26 bits per heavy atom. The van der Waals surface area contributed by atoms with Crippen molar-refractivity contribution in [1.29, 1.82) is 0 Å². The second-order valence-electron chi connectivity index (χ2n) is 5.05. The van der Waals surface area contributed by atoms with Gasteiger partial charge in [0, 0.05) is 6.20 Å². The molecule has 0 radical (unpaired) electrons. The van der Waals surface area contributed by atoms with Crippen LogP contribution in [0.4, 0.5) is 0 Å². The molecule has 8 nitrogen and oxygen atoms in total. The van der Waals surface area contributed by atoms with Gasteiger partial charge in [-0.25, -0.2) is 4.79 Å². The summed E-state index contributed by atoms with van der Waals surface area (Å²) in [6.45, 7) is 2.07. The third kappa shape index (κ3) is 2.39. The minimum atomic E-state index is -0.468. The van der Waals surface area contributed by atoms with Gasteiger partial charge in [-0.2, -0.15) is 10.1 Å². The SMILES string of the molecule is Cc1ccc2oc(=O)n(Cc3nc(-c4cccnn4)no3)c2c1. The predicted octanol–water partition coefficient (Wildman–Crippen LogP) is 1.79. The first-order chi connectivity index (χ1) is 11.2. The summed E-state index contributed by atoms with van der Waals surface area (Å²) in [6, 6.07) is 8.98. The van der Waals surface area contributed by atoms with Crippen molar-refractivity contribution in [2.75, 3.05) is 0 Å². The molecule has 0 amide bonds. The monoisotopic (exact) mass is 309 g/mol. The zero-order valence-corrected chi connectivity index (χ0v) is 12.1. The number of aryl methyl sites for hydroxylation is 1. The van der Waals surface area contributed by atoms with Gasteiger partial charge in [-0.15, -0.1) is 5.10 Å². The molecular weight excluding hydrogens is 298 g/mol. The van der Waals surface area contributed by atoms with Crippen LogP contribution >= 0.6 is 0 Å². The number of fused-ring (bicyclic) bond motifs is 1. The van der Waals surface area contributed by atoms with Crippen molar-refractivity contribution in [2.24, 2.45) is 0 Å². The van der Waals surface area contributed by atoms with E-state index in [1.54, 1.807) is 24.4 Å². The molecule has 4 aromatic rings. The number of hydrogen-bond acceptors (Lipinski definition) is 7. The fourth-order valence-corrected chi connectivity index (χ4v) is 2.30. The number of rotatable bonds is 3. The molecule has 0 N–H and O–H groups in total. The standard InChI is InChI=1S/C15H11N5O3/c1-9-4-5-12-11(7-9)20(15(21)22-12)8-13-17-14(19-23-13)10-3-2-6-16-18-10/h2-7H,8H2,1H3. The minimum absolute atomic E-state index is 0.128. The highest BCUT2D eigenvalue weighted by Crippen LogP contribution is 2.17. The molecule has 0 aliphatic carbocycles. The molecule has 0 atom stereocenters. The molecule has 0 spiro atoms. The van der Waals surface area contributed by atoms with Crippen LogP contribution in [-0.4, -0.2) is 24.9 Å². The van der Waals surface area contributed by atoms with E-state index in [-0.39, 0.29) is 12.4 Å². The van der Waals surface area contributed by atoms with Crippen LogP contribution in [0.15, 0.2) is 50.3 Å². The number of benzene rings is 1. The highest BCUT2D eigenvalue weighted by atomic mass is 16.5. The number of aromatic nitrogens is 5. The van der Waals surface area contributed by atoms with Crippen molar-refractivity contribution in [2.45, 2.75) is 13.5 Å². The molecule has 1 aromatic carbocycles. The van der Waals surface area contributed by atoms with E-state index in [0.717, 1.165) is 5.56 Å². The van der Waals surface area contributed by atoms with Gasteiger partial charge in [0.25, 0.3) is 0 Å². The maximum atomic E-state index is 12.0. The first-order valence-corrected chi connectivity index (χ1v) is 6.91. The van der Waals surface area contributed by atoms with Crippen molar-refractivity contribution in [3.05, 3.63) is 58.5 Å². The Bertz CT molecular complexity index is 1030. The average Bonchev–Trinajstić information content (AvgIpc) is 3.15. The molecule has 0 aliphatic heterocycles. The fourth-order valence-electron chi connectivity index (χ4n) is 2.30. The summed E-state index contributed by atoms with van der Waals surface area (Å²) in [7, 11) is 0. The van der Waals surface area contributed by atoms with Gasteiger partial charge in [-0.05, 0) is 36.8 Å². The Labute approximate surface area is 129 Å². The number of hydrogen-bond donors (Lipinski definition) is 0. The van der Waals surface area contributed by atoms with Crippen molar-refractivity contribution < 1.29 is 8.94 Å². The van der Waals surface area contributed by atoms with Gasteiger partial charge >= 0.3 is 5.76 Å². The third-order valence-corrected chi connectivity index (χ3v) is 3.39. The molecule has 0 bridgehead atoms.